The monoisotopic (exact) mass is 206 g/mol. The minimum absolute atomic E-state index is 0.415. The van der Waals surface area contributed by atoms with Crippen molar-refractivity contribution in [1.82, 2.24) is 9.97 Å². The number of hydrogen-bond acceptors (Lipinski definition) is 4. The Kier molecular flexibility index (Phi) is 2.58. The molecule has 74 valence electrons. The fourth-order valence-corrected chi connectivity index (χ4v) is 1.37. The second-order valence-corrected chi connectivity index (χ2v) is 3.02. The highest BCUT2D eigenvalue weighted by molar-refractivity contribution is 5.68. The van der Waals surface area contributed by atoms with Crippen molar-refractivity contribution in [3.63, 3.8) is 0 Å². The average Bonchev–Trinajstić information content (AvgIpc) is 2.38. The van der Waals surface area contributed by atoms with Crippen LogP contribution in [0, 0.1) is 22.7 Å². The van der Waals surface area contributed by atoms with Gasteiger partial charge in [0.25, 0.3) is 0 Å². The van der Waals surface area contributed by atoms with Crippen LogP contribution in [-0.4, -0.2) is 9.97 Å². The number of pyridine rings is 2. The molecule has 0 aliphatic heterocycles. The molecule has 0 saturated heterocycles. The van der Waals surface area contributed by atoms with Crippen LogP contribution in [0.25, 0.3) is 11.4 Å². The van der Waals surface area contributed by atoms with Gasteiger partial charge in [-0.1, -0.05) is 0 Å². The second kappa shape index (κ2) is 4.20. The summed E-state index contributed by atoms with van der Waals surface area (Å²) in [7, 11) is 0. The zero-order valence-electron chi connectivity index (χ0n) is 8.25. The summed E-state index contributed by atoms with van der Waals surface area (Å²) >= 11 is 0. The third-order valence-corrected chi connectivity index (χ3v) is 2.08. The number of hydrogen-bond donors (Lipinski definition) is 0. The molecule has 0 atom stereocenters. The van der Waals surface area contributed by atoms with E-state index in [4.69, 9.17) is 10.5 Å². The second-order valence-electron chi connectivity index (χ2n) is 3.02. The van der Waals surface area contributed by atoms with E-state index in [-0.39, 0.29) is 0 Å². The topological polar surface area (TPSA) is 73.4 Å². The lowest BCUT2D eigenvalue weighted by molar-refractivity contribution is 1.22. The average molecular weight is 206 g/mol. The standard InChI is InChI=1S/C12H6N4/c13-7-9-3-1-5-15-11(9)12-10(8-14)4-2-6-16-12/h1-6H. The summed E-state index contributed by atoms with van der Waals surface area (Å²) in [4.78, 5) is 8.18. The van der Waals surface area contributed by atoms with Crippen LogP contribution >= 0.6 is 0 Å². The Morgan fingerprint density at radius 1 is 0.812 bits per heavy atom. The SMILES string of the molecule is N#Cc1cccnc1-c1ncccc1C#N. The molecule has 0 amide bonds. The quantitative estimate of drug-likeness (QED) is 0.714. The van der Waals surface area contributed by atoms with Gasteiger partial charge in [0, 0.05) is 12.4 Å². The van der Waals surface area contributed by atoms with Gasteiger partial charge in [-0.25, -0.2) is 0 Å². The lowest BCUT2D eigenvalue weighted by Gasteiger charge is -2.02. The van der Waals surface area contributed by atoms with Gasteiger partial charge < -0.3 is 0 Å². The molecule has 0 radical (unpaired) electrons. The van der Waals surface area contributed by atoms with Gasteiger partial charge in [-0.15, -0.1) is 0 Å². The maximum atomic E-state index is 8.94. The van der Waals surface area contributed by atoms with Gasteiger partial charge >= 0.3 is 0 Å². The maximum Gasteiger partial charge on any atom is 0.108 e. The molecule has 16 heavy (non-hydrogen) atoms. The molecule has 0 fully saturated rings. The molecule has 0 saturated carbocycles. The largest absolute Gasteiger partial charge is 0.253 e. The number of aromatic nitrogens is 2. The highest BCUT2D eigenvalue weighted by atomic mass is 14.8. The van der Waals surface area contributed by atoms with E-state index in [2.05, 4.69) is 9.97 Å². The molecule has 2 aromatic rings. The van der Waals surface area contributed by atoms with Crippen molar-refractivity contribution in [3.8, 4) is 23.5 Å². The van der Waals surface area contributed by atoms with Gasteiger partial charge in [-0.3, -0.25) is 9.97 Å². The highest BCUT2D eigenvalue weighted by Gasteiger charge is 2.11. The van der Waals surface area contributed by atoms with E-state index >= 15 is 0 Å². The zero-order chi connectivity index (χ0) is 11.4. The van der Waals surface area contributed by atoms with Gasteiger partial charge in [0.05, 0.1) is 11.1 Å². The molecule has 2 aromatic heterocycles. The first-order valence-electron chi connectivity index (χ1n) is 4.57. The summed E-state index contributed by atoms with van der Waals surface area (Å²) in [6.45, 7) is 0. The molecule has 2 heterocycles. The molecule has 0 unspecified atom stereocenters. The Balaban J connectivity index is 2.70. The van der Waals surface area contributed by atoms with Crippen molar-refractivity contribution >= 4 is 0 Å². The van der Waals surface area contributed by atoms with Crippen LogP contribution in [0.2, 0.25) is 0 Å². The zero-order valence-corrected chi connectivity index (χ0v) is 8.25. The van der Waals surface area contributed by atoms with E-state index in [9.17, 15) is 0 Å². The van der Waals surface area contributed by atoms with Crippen molar-refractivity contribution in [2.24, 2.45) is 0 Å². The summed E-state index contributed by atoms with van der Waals surface area (Å²) in [5, 5.41) is 17.9. The van der Waals surface area contributed by atoms with Crippen molar-refractivity contribution < 1.29 is 0 Å². The third kappa shape index (κ3) is 1.60. The van der Waals surface area contributed by atoms with Crippen molar-refractivity contribution in [2.75, 3.05) is 0 Å². The van der Waals surface area contributed by atoms with Crippen molar-refractivity contribution in [3.05, 3.63) is 47.8 Å². The van der Waals surface area contributed by atoms with Gasteiger partial charge in [-0.2, -0.15) is 10.5 Å². The van der Waals surface area contributed by atoms with Gasteiger partial charge in [0.1, 0.15) is 23.5 Å². The predicted octanol–water partition coefficient (Wildman–Crippen LogP) is 1.89. The van der Waals surface area contributed by atoms with Crippen LogP contribution < -0.4 is 0 Å². The lowest BCUT2D eigenvalue weighted by Crippen LogP contribution is -1.94. The fraction of sp³-hybridized carbons (Fsp3) is 0. The van der Waals surface area contributed by atoms with E-state index in [1.165, 1.54) is 0 Å². The Labute approximate surface area is 92.4 Å². The van der Waals surface area contributed by atoms with E-state index < -0.39 is 0 Å². The molecular weight excluding hydrogens is 200 g/mol. The number of rotatable bonds is 1. The number of nitrogens with zero attached hydrogens (tertiary/aromatic N) is 4. The number of nitriles is 2. The summed E-state index contributed by atoms with van der Waals surface area (Å²) in [6, 6.07) is 10.7. The Hall–Kier alpha value is -2.72. The van der Waals surface area contributed by atoms with Crippen LogP contribution in [0.3, 0.4) is 0 Å². The molecule has 0 aliphatic carbocycles. The molecule has 2 rings (SSSR count). The first-order valence-corrected chi connectivity index (χ1v) is 4.57. The van der Waals surface area contributed by atoms with E-state index in [1.807, 2.05) is 12.1 Å². The van der Waals surface area contributed by atoms with Gasteiger partial charge in [-0.05, 0) is 24.3 Å². The molecule has 4 heteroatoms. The molecule has 0 spiro atoms. The summed E-state index contributed by atoms with van der Waals surface area (Å²) in [6.07, 6.45) is 3.15. The molecular formula is C12H6N4. The van der Waals surface area contributed by atoms with Crippen LogP contribution in [0.1, 0.15) is 11.1 Å². The van der Waals surface area contributed by atoms with Crippen molar-refractivity contribution in [2.45, 2.75) is 0 Å². The Morgan fingerprint density at radius 2 is 1.25 bits per heavy atom. The predicted molar refractivity (Wildman–Crippen MR) is 56.9 cm³/mol. The summed E-state index contributed by atoms with van der Waals surface area (Å²) < 4.78 is 0. The minimum atomic E-state index is 0.415. The third-order valence-electron chi connectivity index (χ3n) is 2.08. The first kappa shape index (κ1) is 9.82. The smallest absolute Gasteiger partial charge is 0.108 e. The van der Waals surface area contributed by atoms with E-state index in [1.54, 1.807) is 36.7 Å². The highest BCUT2D eigenvalue weighted by Crippen LogP contribution is 2.21. The molecule has 4 nitrogen and oxygen atoms in total. The first-order chi connectivity index (χ1) is 7.86. The lowest BCUT2D eigenvalue weighted by atomic mass is 10.1. The Bertz CT molecular complexity index is 549. The molecule has 0 aliphatic rings. The van der Waals surface area contributed by atoms with Crippen LogP contribution in [-0.2, 0) is 0 Å². The van der Waals surface area contributed by atoms with Gasteiger partial charge in [0.2, 0.25) is 0 Å². The minimum Gasteiger partial charge on any atom is -0.253 e. The van der Waals surface area contributed by atoms with E-state index in [0.29, 0.717) is 22.5 Å². The molecule has 0 aromatic carbocycles. The van der Waals surface area contributed by atoms with Crippen LogP contribution in [0.5, 0.6) is 0 Å². The fourth-order valence-electron chi connectivity index (χ4n) is 1.37. The molecule has 0 N–H and O–H groups in total. The van der Waals surface area contributed by atoms with Crippen molar-refractivity contribution in [1.29, 1.82) is 10.5 Å². The summed E-state index contributed by atoms with van der Waals surface area (Å²) in [5.41, 5.74) is 1.72. The molecule has 0 bridgehead atoms. The Morgan fingerprint density at radius 3 is 1.62 bits per heavy atom. The maximum absolute atomic E-state index is 8.94. The summed E-state index contributed by atoms with van der Waals surface area (Å²) in [5.74, 6) is 0. The van der Waals surface area contributed by atoms with E-state index in [0.717, 1.165) is 0 Å². The van der Waals surface area contributed by atoms with Crippen LogP contribution in [0.15, 0.2) is 36.7 Å². The normalized spacial score (nSPS) is 9.12. The van der Waals surface area contributed by atoms with Gasteiger partial charge in [0.15, 0.2) is 0 Å². The van der Waals surface area contributed by atoms with Crippen LogP contribution in [0.4, 0.5) is 0 Å².